The first-order valence-corrected chi connectivity index (χ1v) is 8.86. The van der Waals surface area contributed by atoms with Crippen LogP contribution in [0.1, 0.15) is 22.1 Å². The third-order valence-corrected chi connectivity index (χ3v) is 5.39. The topological polar surface area (TPSA) is 40.5 Å². The Kier molecular flexibility index (Phi) is 5.13. The lowest BCUT2D eigenvalue weighted by Gasteiger charge is -2.24. The third-order valence-electron chi connectivity index (χ3n) is 4.13. The van der Waals surface area contributed by atoms with Crippen LogP contribution in [0.2, 0.25) is 0 Å². The summed E-state index contributed by atoms with van der Waals surface area (Å²) in [4.78, 5) is 13.7. The zero-order valence-corrected chi connectivity index (χ0v) is 14.3. The van der Waals surface area contributed by atoms with Gasteiger partial charge in [-0.1, -0.05) is 18.2 Å². The monoisotopic (exact) mass is 385 g/mol. The van der Waals surface area contributed by atoms with E-state index in [1.165, 1.54) is 17.8 Å². The number of amides is 1. The molecule has 1 amide bonds. The highest BCUT2D eigenvalue weighted by Gasteiger charge is 2.36. The van der Waals surface area contributed by atoms with E-state index < -0.39 is 22.9 Å². The van der Waals surface area contributed by atoms with Gasteiger partial charge in [-0.15, -0.1) is 11.8 Å². The van der Waals surface area contributed by atoms with Gasteiger partial charge in [0.15, 0.2) is 0 Å². The van der Waals surface area contributed by atoms with E-state index in [1.54, 1.807) is 29.2 Å². The van der Waals surface area contributed by atoms with Gasteiger partial charge in [0.25, 0.3) is 0 Å². The van der Waals surface area contributed by atoms with Crippen molar-refractivity contribution in [1.82, 2.24) is 4.90 Å². The first-order valence-electron chi connectivity index (χ1n) is 7.81. The van der Waals surface area contributed by atoms with E-state index in [1.807, 2.05) is 0 Å². The summed E-state index contributed by atoms with van der Waals surface area (Å²) >= 11 is 1.26. The molecule has 2 aromatic rings. The van der Waals surface area contributed by atoms with Crippen LogP contribution >= 0.6 is 11.8 Å². The normalized spacial score (nSPS) is 17.8. The number of nitrogens with zero attached hydrogens (tertiary/aromatic N) is 1. The standard InChI is InChI=1S/C18H15F4NO2S/c19-15-9-12(3-6-14(15)18(20,21)22)17-23(16(25)10-26-17)8-7-11-1-4-13(24)5-2-11/h1-6,9,17,24H,7-8,10H2. The summed E-state index contributed by atoms with van der Waals surface area (Å²) in [5.74, 6) is -1.14. The lowest BCUT2D eigenvalue weighted by Crippen LogP contribution is -2.30. The molecule has 0 saturated carbocycles. The molecule has 3 nitrogen and oxygen atoms in total. The van der Waals surface area contributed by atoms with E-state index in [0.29, 0.717) is 24.6 Å². The van der Waals surface area contributed by atoms with Gasteiger partial charge in [-0.05, 0) is 41.8 Å². The van der Waals surface area contributed by atoms with Crippen LogP contribution in [0.5, 0.6) is 5.75 Å². The average Bonchev–Trinajstić information content (AvgIpc) is 2.94. The molecule has 0 bridgehead atoms. The predicted molar refractivity (Wildman–Crippen MR) is 90.1 cm³/mol. The SMILES string of the molecule is O=C1CSC(c2ccc(C(F)(F)F)c(F)c2)N1CCc1ccc(O)cc1. The molecule has 1 saturated heterocycles. The molecule has 138 valence electrons. The Morgan fingerprint density at radius 1 is 1.15 bits per heavy atom. The molecule has 0 aliphatic carbocycles. The summed E-state index contributed by atoms with van der Waals surface area (Å²) in [6.45, 7) is 0.351. The summed E-state index contributed by atoms with van der Waals surface area (Å²) < 4.78 is 52.0. The molecule has 2 aromatic carbocycles. The van der Waals surface area contributed by atoms with Gasteiger partial charge in [-0.25, -0.2) is 4.39 Å². The van der Waals surface area contributed by atoms with E-state index >= 15 is 0 Å². The highest BCUT2D eigenvalue weighted by atomic mass is 32.2. The predicted octanol–water partition coefficient (Wildman–Crippen LogP) is 4.37. The zero-order valence-electron chi connectivity index (χ0n) is 13.5. The number of thioether (sulfide) groups is 1. The molecule has 0 aromatic heterocycles. The highest BCUT2D eigenvalue weighted by Crippen LogP contribution is 2.40. The van der Waals surface area contributed by atoms with Gasteiger partial charge in [0.2, 0.25) is 5.91 Å². The molecule has 3 rings (SSSR count). The van der Waals surface area contributed by atoms with E-state index in [-0.39, 0.29) is 17.4 Å². The second kappa shape index (κ2) is 7.19. The smallest absolute Gasteiger partial charge is 0.419 e. The minimum absolute atomic E-state index is 0.139. The van der Waals surface area contributed by atoms with Crippen molar-refractivity contribution in [3.8, 4) is 5.75 Å². The van der Waals surface area contributed by atoms with Crippen molar-refractivity contribution >= 4 is 17.7 Å². The van der Waals surface area contributed by atoms with Crippen molar-refractivity contribution in [1.29, 1.82) is 0 Å². The first kappa shape index (κ1) is 18.6. The molecule has 0 radical (unpaired) electrons. The van der Waals surface area contributed by atoms with Crippen LogP contribution in [0.15, 0.2) is 42.5 Å². The van der Waals surface area contributed by atoms with Gasteiger partial charge in [0.1, 0.15) is 16.9 Å². The number of carbonyl (C=O) groups is 1. The van der Waals surface area contributed by atoms with Crippen molar-refractivity contribution in [2.45, 2.75) is 18.0 Å². The quantitative estimate of drug-likeness (QED) is 0.795. The molecule has 1 atom stereocenters. The maximum absolute atomic E-state index is 13.9. The molecule has 1 aliphatic heterocycles. The molecule has 8 heteroatoms. The Morgan fingerprint density at radius 3 is 2.46 bits per heavy atom. The summed E-state index contributed by atoms with van der Waals surface area (Å²) in [5, 5.41) is 8.77. The molecule has 1 N–H and O–H groups in total. The van der Waals surface area contributed by atoms with Crippen LogP contribution in [-0.4, -0.2) is 28.2 Å². The number of rotatable bonds is 4. The number of benzene rings is 2. The summed E-state index contributed by atoms with van der Waals surface area (Å²) in [5.41, 5.74) is -0.0758. The van der Waals surface area contributed by atoms with Gasteiger partial charge in [0.05, 0.1) is 11.3 Å². The molecule has 1 aliphatic rings. The number of aromatic hydroxyl groups is 1. The molecular weight excluding hydrogens is 370 g/mol. The lowest BCUT2D eigenvalue weighted by molar-refractivity contribution is -0.140. The number of alkyl halides is 3. The molecule has 1 unspecified atom stereocenters. The Morgan fingerprint density at radius 2 is 1.85 bits per heavy atom. The van der Waals surface area contributed by atoms with Crippen LogP contribution in [0.25, 0.3) is 0 Å². The number of hydrogen-bond donors (Lipinski definition) is 1. The largest absolute Gasteiger partial charge is 0.508 e. The van der Waals surface area contributed by atoms with Crippen LogP contribution in [0.3, 0.4) is 0 Å². The second-order valence-electron chi connectivity index (χ2n) is 5.90. The van der Waals surface area contributed by atoms with Gasteiger partial charge in [0, 0.05) is 6.54 Å². The Bertz CT molecular complexity index is 808. The molecule has 26 heavy (non-hydrogen) atoms. The van der Waals surface area contributed by atoms with Crippen LogP contribution < -0.4 is 0 Å². The summed E-state index contributed by atoms with van der Waals surface area (Å²) in [7, 11) is 0. The van der Waals surface area contributed by atoms with Gasteiger partial charge >= 0.3 is 6.18 Å². The zero-order chi connectivity index (χ0) is 18.9. The number of phenolic OH excluding ortho intramolecular Hbond substituents is 1. The fraction of sp³-hybridized carbons (Fsp3) is 0.278. The van der Waals surface area contributed by atoms with E-state index in [2.05, 4.69) is 0 Å². The van der Waals surface area contributed by atoms with Crippen molar-refractivity contribution in [2.24, 2.45) is 0 Å². The van der Waals surface area contributed by atoms with E-state index in [0.717, 1.165) is 11.6 Å². The van der Waals surface area contributed by atoms with Crippen molar-refractivity contribution in [3.63, 3.8) is 0 Å². The van der Waals surface area contributed by atoms with Gasteiger partial charge in [-0.2, -0.15) is 13.2 Å². The maximum Gasteiger partial charge on any atom is 0.419 e. The minimum Gasteiger partial charge on any atom is -0.508 e. The van der Waals surface area contributed by atoms with Gasteiger partial charge in [-0.3, -0.25) is 4.79 Å². The summed E-state index contributed by atoms with van der Waals surface area (Å²) in [6.07, 6.45) is -4.23. The number of phenols is 1. The summed E-state index contributed by atoms with van der Waals surface area (Å²) in [6, 6.07) is 9.33. The number of carbonyl (C=O) groups excluding carboxylic acids is 1. The van der Waals surface area contributed by atoms with E-state index in [9.17, 15) is 27.5 Å². The fourth-order valence-corrected chi connectivity index (χ4v) is 4.01. The fourth-order valence-electron chi connectivity index (χ4n) is 2.80. The third kappa shape index (κ3) is 3.95. The minimum atomic E-state index is -4.75. The molecule has 0 spiro atoms. The lowest BCUT2D eigenvalue weighted by atomic mass is 10.1. The van der Waals surface area contributed by atoms with Gasteiger partial charge < -0.3 is 10.0 Å². The Hall–Kier alpha value is -2.22. The molecule has 1 fully saturated rings. The second-order valence-corrected chi connectivity index (χ2v) is 6.97. The van der Waals surface area contributed by atoms with E-state index in [4.69, 9.17) is 0 Å². The van der Waals surface area contributed by atoms with Crippen LogP contribution in [-0.2, 0) is 17.4 Å². The molecular formula is C18H15F4NO2S. The van der Waals surface area contributed by atoms with Crippen molar-refractivity contribution in [3.05, 3.63) is 65.0 Å². The highest BCUT2D eigenvalue weighted by molar-refractivity contribution is 8.00. The van der Waals surface area contributed by atoms with Crippen LogP contribution in [0, 0.1) is 5.82 Å². The average molecular weight is 385 g/mol. The van der Waals surface area contributed by atoms with Crippen molar-refractivity contribution < 1.29 is 27.5 Å². The number of hydrogen-bond acceptors (Lipinski definition) is 3. The molecule has 1 heterocycles. The Balaban J connectivity index is 1.77. The van der Waals surface area contributed by atoms with Crippen molar-refractivity contribution in [2.75, 3.05) is 12.3 Å². The Labute approximate surface area is 151 Å². The maximum atomic E-state index is 13.9. The van der Waals surface area contributed by atoms with Crippen LogP contribution in [0.4, 0.5) is 17.6 Å². The first-order chi connectivity index (χ1) is 12.3. The number of halogens is 4.